The molecule has 4 nitrogen and oxygen atoms in total. The van der Waals surface area contributed by atoms with Gasteiger partial charge in [-0.05, 0) is 0 Å². The predicted molar refractivity (Wildman–Crippen MR) is 38.6 cm³/mol. The number of nitrogens with one attached hydrogen (secondary N) is 1. The number of alkyl halides is 3. The molecule has 1 unspecified atom stereocenters. The first kappa shape index (κ1) is 10.3. The number of rotatable bonds is 1. The van der Waals surface area contributed by atoms with Crippen LogP contribution >= 0.6 is 34.8 Å². The van der Waals surface area contributed by atoms with Crippen LogP contribution in [0, 0.1) is 0 Å². The van der Waals surface area contributed by atoms with Gasteiger partial charge in [-0.25, -0.2) is 5.84 Å². The van der Waals surface area contributed by atoms with Crippen LogP contribution in [0.25, 0.3) is 0 Å². The molecule has 0 aliphatic carbocycles. The number of hydrogen-bond donors (Lipinski definition) is 3. The molecule has 0 aliphatic rings. The van der Waals surface area contributed by atoms with Gasteiger partial charge in [-0.2, -0.15) is 0 Å². The van der Waals surface area contributed by atoms with E-state index in [1.807, 2.05) is 0 Å². The van der Waals surface area contributed by atoms with E-state index >= 15 is 0 Å². The van der Waals surface area contributed by atoms with Crippen molar-refractivity contribution in [2.45, 2.75) is 9.90 Å². The Balaban J connectivity index is 4.08. The number of hydrazine groups is 1. The fourth-order valence-electron chi connectivity index (χ4n) is 0.228. The van der Waals surface area contributed by atoms with Crippen molar-refractivity contribution in [1.29, 1.82) is 0 Å². The highest BCUT2D eigenvalue weighted by molar-refractivity contribution is 6.68. The Morgan fingerprint density at radius 1 is 1.60 bits per heavy atom. The maximum Gasteiger partial charge on any atom is 0.267 e. The van der Waals surface area contributed by atoms with Crippen LogP contribution in [0.4, 0.5) is 0 Å². The molecule has 0 heterocycles. The van der Waals surface area contributed by atoms with Crippen molar-refractivity contribution < 1.29 is 9.90 Å². The Kier molecular flexibility index (Phi) is 3.69. The van der Waals surface area contributed by atoms with Crippen molar-refractivity contribution in [1.82, 2.24) is 5.43 Å². The van der Waals surface area contributed by atoms with Crippen LogP contribution in [-0.4, -0.2) is 20.9 Å². The second-order valence-electron chi connectivity index (χ2n) is 1.45. The Morgan fingerprint density at radius 3 is 2.10 bits per heavy atom. The van der Waals surface area contributed by atoms with Crippen LogP contribution in [-0.2, 0) is 4.79 Å². The van der Waals surface area contributed by atoms with Gasteiger partial charge in [0.1, 0.15) is 0 Å². The molecule has 0 spiro atoms. The van der Waals surface area contributed by atoms with Crippen LogP contribution in [0.5, 0.6) is 0 Å². The Bertz CT molecular complexity index is 134. The average molecular weight is 207 g/mol. The van der Waals surface area contributed by atoms with Crippen molar-refractivity contribution in [2.24, 2.45) is 5.84 Å². The molecular formula is C3H5Cl3N2O2. The summed E-state index contributed by atoms with van der Waals surface area (Å²) in [6.07, 6.45) is -1.75. The maximum atomic E-state index is 10.4. The van der Waals surface area contributed by atoms with Gasteiger partial charge in [0.2, 0.25) is 3.79 Å². The van der Waals surface area contributed by atoms with Crippen molar-refractivity contribution in [3.63, 3.8) is 0 Å². The van der Waals surface area contributed by atoms with Gasteiger partial charge < -0.3 is 5.11 Å². The van der Waals surface area contributed by atoms with Crippen LogP contribution in [0.1, 0.15) is 0 Å². The highest BCUT2D eigenvalue weighted by Crippen LogP contribution is 2.29. The van der Waals surface area contributed by atoms with E-state index in [2.05, 4.69) is 5.84 Å². The number of hydrogen-bond acceptors (Lipinski definition) is 3. The zero-order valence-electron chi connectivity index (χ0n) is 4.64. The number of aliphatic hydroxyl groups excluding tert-OH is 1. The van der Waals surface area contributed by atoms with E-state index in [0.717, 1.165) is 0 Å². The highest BCUT2D eigenvalue weighted by atomic mass is 35.6. The molecule has 0 saturated heterocycles. The van der Waals surface area contributed by atoms with Crippen LogP contribution in [0.3, 0.4) is 0 Å². The van der Waals surface area contributed by atoms with E-state index in [0.29, 0.717) is 0 Å². The first-order valence-corrected chi connectivity index (χ1v) is 3.28. The second-order valence-corrected chi connectivity index (χ2v) is 3.82. The molecule has 0 bridgehead atoms. The normalized spacial score (nSPS) is 14.5. The molecule has 1 atom stereocenters. The summed E-state index contributed by atoms with van der Waals surface area (Å²) in [5.41, 5.74) is 1.63. The second kappa shape index (κ2) is 3.59. The number of carbonyl (C=O) groups excluding carboxylic acids is 1. The summed E-state index contributed by atoms with van der Waals surface area (Å²) in [4.78, 5) is 10.4. The number of carbonyl (C=O) groups is 1. The largest absolute Gasteiger partial charge is 0.379 e. The first-order chi connectivity index (χ1) is 4.39. The lowest BCUT2D eigenvalue weighted by atomic mass is 10.4. The highest BCUT2D eigenvalue weighted by Gasteiger charge is 2.36. The van der Waals surface area contributed by atoms with Crippen molar-refractivity contribution >= 4 is 40.7 Å². The van der Waals surface area contributed by atoms with Crippen LogP contribution in [0.2, 0.25) is 0 Å². The number of aliphatic hydroxyl groups is 1. The zero-order valence-corrected chi connectivity index (χ0v) is 6.91. The molecule has 7 heteroatoms. The third kappa shape index (κ3) is 2.90. The van der Waals surface area contributed by atoms with E-state index in [-0.39, 0.29) is 0 Å². The summed E-state index contributed by atoms with van der Waals surface area (Å²) in [7, 11) is 0. The molecule has 0 aromatic heterocycles. The molecule has 0 radical (unpaired) electrons. The maximum absolute atomic E-state index is 10.4. The molecule has 0 rings (SSSR count). The predicted octanol–water partition coefficient (Wildman–Crippen LogP) is -0.293. The lowest BCUT2D eigenvalue weighted by Crippen LogP contribution is -2.45. The molecule has 1 amide bonds. The van der Waals surface area contributed by atoms with E-state index in [1.165, 1.54) is 0 Å². The number of halogens is 3. The van der Waals surface area contributed by atoms with Gasteiger partial charge in [0, 0.05) is 0 Å². The SMILES string of the molecule is NNC(=O)C(O)C(Cl)(Cl)Cl. The Morgan fingerprint density at radius 2 is 2.00 bits per heavy atom. The smallest absolute Gasteiger partial charge is 0.267 e. The summed E-state index contributed by atoms with van der Waals surface area (Å²) in [5.74, 6) is 3.69. The summed E-state index contributed by atoms with van der Waals surface area (Å²) in [6, 6.07) is 0. The fraction of sp³-hybridized carbons (Fsp3) is 0.667. The quantitative estimate of drug-likeness (QED) is 0.239. The molecule has 0 aliphatic heterocycles. The van der Waals surface area contributed by atoms with Crippen molar-refractivity contribution in [3.8, 4) is 0 Å². The number of amides is 1. The third-order valence-corrected chi connectivity index (χ3v) is 1.32. The van der Waals surface area contributed by atoms with Crippen LogP contribution in [0.15, 0.2) is 0 Å². The standard InChI is InChI=1S/C3H5Cl3N2O2/c4-3(5,6)1(9)2(10)8-7/h1,9H,7H2,(H,8,10). The van der Waals surface area contributed by atoms with Gasteiger partial charge in [-0.1, -0.05) is 34.8 Å². The van der Waals surface area contributed by atoms with E-state index in [1.54, 1.807) is 5.43 Å². The fourth-order valence-corrected chi connectivity index (χ4v) is 0.525. The topological polar surface area (TPSA) is 75.3 Å². The lowest BCUT2D eigenvalue weighted by molar-refractivity contribution is -0.129. The summed E-state index contributed by atoms with van der Waals surface area (Å²) in [6.45, 7) is 0. The van der Waals surface area contributed by atoms with Crippen molar-refractivity contribution in [2.75, 3.05) is 0 Å². The minimum atomic E-state index is -2.04. The molecule has 0 aromatic rings. The van der Waals surface area contributed by atoms with E-state index in [9.17, 15) is 4.79 Å². The summed E-state index contributed by atoms with van der Waals surface area (Å²) >= 11 is 15.4. The van der Waals surface area contributed by atoms with Gasteiger partial charge in [0.25, 0.3) is 5.91 Å². The third-order valence-electron chi connectivity index (χ3n) is 0.701. The van der Waals surface area contributed by atoms with Gasteiger partial charge in [0.15, 0.2) is 6.10 Å². The average Bonchev–Trinajstić information content (AvgIpc) is 1.83. The summed E-state index contributed by atoms with van der Waals surface area (Å²) < 4.78 is -2.04. The Labute approximate surface area is 72.2 Å². The van der Waals surface area contributed by atoms with Crippen LogP contribution < -0.4 is 11.3 Å². The monoisotopic (exact) mass is 206 g/mol. The van der Waals surface area contributed by atoms with Gasteiger partial charge in [-0.15, -0.1) is 0 Å². The van der Waals surface area contributed by atoms with Crippen molar-refractivity contribution in [3.05, 3.63) is 0 Å². The molecule has 0 saturated carbocycles. The Hall–Kier alpha value is 0.260. The molecule has 10 heavy (non-hydrogen) atoms. The first-order valence-electron chi connectivity index (χ1n) is 2.15. The van der Waals surface area contributed by atoms with Gasteiger partial charge in [0.05, 0.1) is 0 Å². The number of nitrogens with two attached hydrogens (primary N) is 1. The summed E-state index contributed by atoms with van der Waals surface area (Å²) in [5, 5.41) is 8.77. The molecule has 0 fully saturated rings. The molecule has 4 N–H and O–H groups in total. The lowest BCUT2D eigenvalue weighted by Gasteiger charge is -2.16. The molecule has 60 valence electrons. The van der Waals surface area contributed by atoms with Gasteiger partial charge >= 0.3 is 0 Å². The minimum absolute atomic E-state index is 0.944. The molecular weight excluding hydrogens is 202 g/mol. The van der Waals surface area contributed by atoms with Gasteiger partial charge in [-0.3, -0.25) is 10.2 Å². The minimum Gasteiger partial charge on any atom is -0.379 e. The molecule has 0 aromatic carbocycles. The van der Waals surface area contributed by atoms with E-state index in [4.69, 9.17) is 39.9 Å². The zero-order chi connectivity index (χ0) is 8.36. The van der Waals surface area contributed by atoms with E-state index < -0.39 is 15.8 Å².